The van der Waals surface area contributed by atoms with Crippen LogP contribution in [0.4, 0.5) is 0 Å². The molecule has 0 bridgehead atoms. The molecule has 3 atom stereocenters. The number of carboxylic acids is 1. The van der Waals surface area contributed by atoms with Gasteiger partial charge in [0.25, 0.3) is 0 Å². The minimum absolute atomic E-state index is 0.345. The number of hydrogen-bond donors (Lipinski definition) is 2. The molecule has 27 heavy (non-hydrogen) atoms. The number of benzene rings is 1. The molecular formula is C24H37NO2. The summed E-state index contributed by atoms with van der Waals surface area (Å²) in [5.74, 6) is 0.604. The summed E-state index contributed by atoms with van der Waals surface area (Å²) in [6.07, 6.45) is 7.52. The van der Waals surface area contributed by atoms with Crippen LogP contribution in [0.3, 0.4) is 0 Å². The summed E-state index contributed by atoms with van der Waals surface area (Å²) in [5.41, 5.74) is 8.59. The normalized spacial score (nSPS) is 20.1. The molecule has 1 saturated carbocycles. The first-order valence-electron chi connectivity index (χ1n) is 9.86. The van der Waals surface area contributed by atoms with Crippen LogP contribution in [0.15, 0.2) is 60.7 Å². The summed E-state index contributed by atoms with van der Waals surface area (Å²) < 4.78 is 0. The highest BCUT2D eigenvalue weighted by Gasteiger charge is 2.34. The first kappa shape index (κ1) is 24.9. The second-order valence-corrected chi connectivity index (χ2v) is 6.46. The Bertz CT molecular complexity index is 628. The van der Waals surface area contributed by atoms with Crippen molar-refractivity contribution in [2.75, 3.05) is 7.05 Å². The molecule has 0 heterocycles. The molecule has 3 unspecified atom stereocenters. The Kier molecular flexibility index (Phi) is 12.1. The first-order valence-corrected chi connectivity index (χ1v) is 9.86. The Morgan fingerprint density at radius 2 is 1.70 bits per heavy atom. The molecule has 1 fully saturated rings. The smallest absolute Gasteiger partial charge is 0.335 e. The number of rotatable bonds is 6. The molecule has 0 amide bonds. The first-order chi connectivity index (χ1) is 13.0. The predicted octanol–water partition coefficient (Wildman–Crippen LogP) is 6.19. The fourth-order valence-corrected chi connectivity index (χ4v) is 3.87. The number of allylic oxidation sites excluding steroid dienone is 4. The predicted molar refractivity (Wildman–Crippen MR) is 117 cm³/mol. The third kappa shape index (κ3) is 6.51. The van der Waals surface area contributed by atoms with E-state index in [1.807, 2.05) is 38.1 Å². The number of carbonyl (C=O) groups is 1. The molecule has 0 aliphatic heterocycles. The molecule has 150 valence electrons. The molecule has 1 aliphatic carbocycles. The fourth-order valence-electron chi connectivity index (χ4n) is 3.87. The van der Waals surface area contributed by atoms with Crippen LogP contribution in [0.1, 0.15) is 68.8 Å². The quantitative estimate of drug-likeness (QED) is 0.586. The van der Waals surface area contributed by atoms with E-state index in [1.54, 1.807) is 12.1 Å². The molecule has 0 aromatic heterocycles. The van der Waals surface area contributed by atoms with E-state index in [9.17, 15) is 4.79 Å². The van der Waals surface area contributed by atoms with Crippen LogP contribution in [0.25, 0.3) is 0 Å². The molecule has 1 aliphatic rings. The van der Waals surface area contributed by atoms with Gasteiger partial charge in [-0.2, -0.15) is 0 Å². The van der Waals surface area contributed by atoms with E-state index in [2.05, 4.69) is 32.7 Å². The van der Waals surface area contributed by atoms with Gasteiger partial charge in [-0.1, -0.05) is 64.6 Å². The van der Waals surface area contributed by atoms with Crippen molar-refractivity contribution in [2.24, 2.45) is 17.6 Å². The lowest BCUT2D eigenvalue weighted by Gasteiger charge is -2.28. The highest BCUT2D eigenvalue weighted by atomic mass is 16.4. The number of hydrogen-bond acceptors (Lipinski definition) is 2. The van der Waals surface area contributed by atoms with Crippen molar-refractivity contribution in [1.82, 2.24) is 0 Å². The Morgan fingerprint density at radius 1 is 1.15 bits per heavy atom. The van der Waals surface area contributed by atoms with Gasteiger partial charge in [0.1, 0.15) is 0 Å². The van der Waals surface area contributed by atoms with Gasteiger partial charge in [-0.05, 0) is 73.4 Å². The van der Waals surface area contributed by atoms with Crippen molar-refractivity contribution < 1.29 is 9.90 Å². The lowest BCUT2D eigenvalue weighted by Crippen LogP contribution is -2.17. The lowest BCUT2D eigenvalue weighted by atomic mass is 9.76. The van der Waals surface area contributed by atoms with Crippen LogP contribution in [-0.2, 0) is 0 Å². The summed E-state index contributed by atoms with van der Waals surface area (Å²) in [7, 11) is 1.50. The Labute approximate surface area is 165 Å². The topological polar surface area (TPSA) is 63.3 Å². The molecule has 2 rings (SSSR count). The molecular weight excluding hydrogens is 334 g/mol. The zero-order valence-corrected chi connectivity index (χ0v) is 17.7. The average molecular weight is 372 g/mol. The minimum Gasteiger partial charge on any atom is -0.478 e. The maximum Gasteiger partial charge on any atom is 0.335 e. The van der Waals surface area contributed by atoms with Gasteiger partial charge in [-0.3, -0.25) is 0 Å². The van der Waals surface area contributed by atoms with Gasteiger partial charge in [0.2, 0.25) is 0 Å². The van der Waals surface area contributed by atoms with Crippen LogP contribution in [-0.4, -0.2) is 18.1 Å². The maximum absolute atomic E-state index is 11.0. The van der Waals surface area contributed by atoms with E-state index in [1.165, 1.54) is 43.0 Å². The van der Waals surface area contributed by atoms with Gasteiger partial charge < -0.3 is 10.8 Å². The zero-order valence-electron chi connectivity index (χ0n) is 17.7. The number of carboxylic acid groups (broad SMARTS) is 1. The van der Waals surface area contributed by atoms with Crippen molar-refractivity contribution in [3.8, 4) is 0 Å². The standard InChI is InChI=1S/C21H26O2.C2H6.CH5N/c1-5-14(3)18(6-2)20-9-7-8-19(20)15(4)16-10-12-17(13-11-16)21(22)23;2*1-2/h5-6,10-13,15,19-20H,1-2,7-9H2,3-4H3,(H,22,23);1-2H3;2H2,1H3/b18-14+;;. The third-order valence-electron chi connectivity index (χ3n) is 5.28. The van der Waals surface area contributed by atoms with Gasteiger partial charge in [0.05, 0.1) is 5.56 Å². The molecule has 3 N–H and O–H groups in total. The number of aromatic carboxylic acids is 1. The van der Waals surface area contributed by atoms with Crippen molar-refractivity contribution in [2.45, 2.75) is 52.9 Å². The molecule has 1 aromatic rings. The van der Waals surface area contributed by atoms with Crippen LogP contribution < -0.4 is 5.73 Å². The van der Waals surface area contributed by atoms with E-state index in [-0.39, 0.29) is 0 Å². The Balaban J connectivity index is 0.00000158. The molecule has 0 radical (unpaired) electrons. The second-order valence-electron chi connectivity index (χ2n) is 6.46. The highest BCUT2D eigenvalue weighted by Crippen LogP contribution is 2.45. The van der Waals surface area contributed by atoms with Gasteiger partial charge in [-0.25, -0.2) is 4.79 Å². The largest absolute Gasteiger partial charge is 0.478 e. The van der Waals surface area contributed by atoms with Gasteiger partial charge in [0.15, 0.2) is 0 Å². The lowest BCUT2D eigenvalue weighted by molar-refractivity contribution is 0.0697. The summed E-state index contributed by atoms with van der Waals surface area (Å²) in [6, 6.07) is 7.33. The van der Waals surface area contributed by atoms with Crippen molar-refractivity contribution >= 4 is 5.97 Å². The molecule has 0 spiro atoms. The summed E-state index contributed by atoms with van der Waals surface area (Å²) >= 11 is 0. The van der Waals surface area contributed by atoms with E-state index < -0.39 is 5.97 Å². The molecule has 0 saturated heterocycles. The van der Waals surface area contributed by atoms with E-state index in [0.29, 0.717) is 23.3 Å². The minimum atomic E-state index is -0.874. The second kappa shape index (κ2) is 13.1. The Hall–Kier alpha value is -2.13. The van der Waals surface area contributed by atoms with Gasteiger partial charge in [0, 0.05) is 0 Å². The van der Waals surface area contributed by atoms with Gasteiger partial charge in [-0.15, -0.1) is 0 Å². The highest BCUT2D eigenvalue weighted by molar-refractivity contribution is 5.87. The summed E-state index contributed by atoms with van der Waals surface area (Å²) in [5, 5.41) is 9.03. The molecule has 3 heteroatoms. The van der Waals surface area contributed by atoms with E-state index in [0.717, 1.165) is 0 Å². The number of nitrogens with two attached hydrogens (primary N) is 1. The third-order valence-corrected chi connectivity index (χ3v) is 5.28. The SMILES string of the molecule is C=C/C(C)=C(\C=C)C1CCCC1C(C)c1ccc(C(=O)O)cc1.CC.CN. The van der Waals surface area contributed by atoms with Crippen LogP contribution >= 0.6 is 0 Å². The summed E-state index contributed by atoms with van der Waals surface area (Å²) in [6.45, 7) is 16.3. The van der Waals surface area contributed by atoms with E-state index >= 15 is 0 Å². The van der Waals surface area contributed by atoms with Crippen LogP contribution in [0, 0.1) is 11.8 Å². The van der Waals surface area contributed by atoms with E-state index in [4.69, 9.17) is 5.11 Å². The van der Waals surface area contributed by atoms with Crippen LogP contribution in [0.2, 0.25) is 0 Å². The van der Waals surface area contributed by atoms with Crippen molar-refractivity contribution in [3.63, 3.8) is 0 Å². The van der Waals surface area contributed by atoms with Crippen molar-refractivity contribution in [1.29, 1.82) is 0 Å². The van der Waals surface area contributed by atoms with Gasteiger partial charge >= 0.3 is 5.97 Å². The maximum atomic E-state index is 11.0. The fraction of sp³-hybridized carbons (Fsp3) is 0.458. The molecule has 1 aromatic carbocycles. The average Bonchev–Trinajstić information content (AvgIpc) is 3.20. The Morgan fingerprint density at radius 3 is 2.15 bits per heavy atom. The zero-order chi connectivity index (χ0) is 21.0. The molecule has 3 nitrogen and oxygen atoms in total. The van der Waals surface area contributed by atoms with Crippen LogP contribution in [0.5, 0.6) is 0 Å². The monoisotopic (exact) mass is 371 g/mol. The summed E-state index contributed by atoms with van der Waals surface area (Å²) in [4.78, 5) is 11.0. The van der Waals surface area contributed by atoms with Crippen molar-refractivity contribution in [3.05, 3.63) is 71.8 Å².